The van der Waals surface area contributed by atoms with Gasteiger partial charge in [-0.1, -0.05) is 18.2 Å². The maximum Gasteiger partial charge on any atom is 0.314 e. The molecule has 116 valence electrons. The number of nitrogens with one attached hydrogen (secondary N) is 2. The fraction of sp³-hybridized carbons (Fsp3) is 0.462. The molecule has 21 heavy (non-hydrogen) atoms. The topological polar surface area (TPSA) is 87.7 Å². The monoisotopic (exact) mass is 313 g/mol. The normalized spacial score (nSPS) is 16.4. The van der Waals surface area contributed by atoms with Crippen molar-refractivity contribution >= 4 is 16.1 Å². The maximum atomic E-state index is 12.7. The number of sulfonamides is 1. The van der Waals surface area contributed by atoms with Gasteiger partial charge >= 0.3 is 6.03 Å². The van der Waals surface area contributed by atoms with Gasteiger partial charge in [-0.15, -0.1) is 0 Å². The molecule has 0 atom stereocenters. The summed E-state index contributed by atoms with van der Waals surface area (Å²) in [7, 11) is -2.06. The molecule has 1 aliphatic heterocycles. The van der Waals surface area contributed by atoms with Crippen LogP contribution >= 0.6 is 0 Å². The van der Waals surface area contributed by atoms with E-state index >= 15 is 0 Å². The van der Waals surface area contributed by atoms with Crippen LogP contribution in [0.25, 0.3) is 0 Å². The first kappa shape index (κ1) is 15.7. The van der Waals surface area contributed by atoms with Gasteiger partial charge in [0.15, 0.2) is 0 Å². The number of hydrogen-bond acceptors (Lipinski definition) is 4. The lowest BCUT2D eigenvalue weighted by Gasteiger charge is -2.27. The molecule has 1 saturated heterocycles. The molecule has 7 nitrogen and oxygen atoms in total. The van der Waals surface area contributed by atoms with E-state index in [0.29, 0.717) is 31.9 Å². The van der Waals surface area contributed by atoms with E-state index in [1.165, 1.54) is 11.4 Å². The summed E-state index contributed by atoms with van der Waals surface area (Å²) in [6.45, 7) is 1.65. The van der Waals surface area contributed by atoms with E-state index in [0.717, 1.165) is 0 Å². The first-order chi connectivity index (χ1) is 10.1. The molecule has 0 aliphatic carbocycles. The summed E-state index contributed by atoms with van der Waals surface area (Å²) >= 11 is 0. The molecule has 1 aromatic rings. The van der Waals surface area contributed by atoms with Crippen LogP contribution in [0.1, 0.15) is 5.56 Å². The number of hydrogen-bond donors (Lipinski definition) is 2. The number of rotatable bonds is 4. The van der Waals surface area contributed by atoms with Crippen LogP contribution in [0.2, 0.25) is 0 Å². The second-order valence-electron chi connectivity index (χ2n) is 4.56. The van der Waals surface area contributed by atoms with E-state index in [9.17, 15) is 13.2 Å². The highest BCUT2D eigenvalue weighted by molar-refractivity contribution is 7.89. The Hall–Kier alpha value is -1.64. The minimum Gasteiger partial charge on any atom is -0.379 e. The Kier molecular flexibility index (Phi) is 5.16. The molecule has 0 aromatic heterocycles. The molecule has 1 aromatic carbocycles. The van der Waals surface area contributed by atoms with E-state index in [4.69, 9.17) is 4.74 Å². The molecule has 8 heteroatoms. The van der Waals surface area contributed by atoms with Gasteiger partial charge in [0.2, 0.25) is 10.0 Å². The summed E-state index contributed by atoms with van der Waals surface area (Å²) in [6.07, 6.45) is 0. The number of carbonyl (C=O) groups excluding carboxylic acids is 1. The average molecular weight is 313 g/mol. The summed E-state index contributed by atoms with van der Waals surface area (Å²) in [5, 5.41) is 5.04. The summed E-state index contributed by atoms with van der Waals surface area (Å²) in [5.41, 5.74) is 0.563. The quantitative estimate of drug-likeness (QED) is 0.827. The summed E-state index contributed by atoms with van der Waals surface area (Å²) in [4.78, 5) is 11.5. The molecular formula is C13H19N3O4S. The Bertz CT molecular complexity index is 597. The first-order valence-corrected chi connectivity index (χ1v) is 8.11. The van der Waals surface area contributed by atoms with Gasteiger partial charge in [-0.2, -0.15) is 4.31 Å². The third kappa shape index (κ3) is 3.72. The lowest BCUT2D eigenvalue weighted by Crippen LogP contribution is -2.41. The van der Waals surface area contributed by atoms with Crippen LogP contribution in [-0.2, 0) is 21.3 Å². The highest BCUT2D eigenvalue weighted by Gasteiger charge is 2.28. The Morgan fingerprint density at radius 2 is 1.95 bits per heavy atom. The van der Waals surface area contributed by atoms with E-state index in [-0.39, 0.29) is 17.5 Å². The molecule has 1 heterocycles. The summed E-state index contributed by atoms with van der Waals surface area (Å²) in [5.74, 6) is 0. The van der Waals surface area contributed by atoms with Crippen LogP contribution < -0.4 is 10.6 Å². The van der Waals surface area contributed by atoms with E-state index in [1.54, 1.807) is 24.3 Å². The highest BCUT2D eigenvalue weighted by Crippen LogP contribution is 2.21. The van der Waals surface area contributed by atoms with Crippen LogP contribution in [0.4, 0.5) is 4.79 Å². The van der Waals surface area contributed by atoms with E-state index in [2.05, 4.69) is 10.6 Å². The second kappa shape index (κ2) is 6.88. The molecule has 0 saturated carbocycles. The van der Waals surface area contributed by atoms with Crippen LogP contribution in [0.15, 0.2) is 29.2 Å². The van der Waals surface area contributed by atoms with E-state index in [1.807, 2.05) is 0 Å². The largest absolute Gasteiger partial charge is 0.379 e. The third-order valence-electron chi connectivity index (χ3n) is 3.23. The number of urea groups is 1. The number of amides is 2. The lowest BCUT2D eigenvalue weighted by molar-refractivity contribution is 0.0730. The standard InChI is InChI=1S/C13H19N3O4S/c1-14-13(17)15-10-11-4-2-3-5-12(11)21(18,19)16-6-8-20-9-7-16/h2-5H,6-10H2,1H3,(H2,14,15,17). The third-order valence-corrected chi connectivity index (χ3v) is 5.23. The van der Waals surface area contributed by atoms with E-state index < -0.39 is 10.0 Å². The predicted octanol–water partition coefficient (Wildman–Crippen LogP) is 0.137. The van der Waals surface area contributed by atoms with Crippen molar-refractivity contribution in [2.75, 3.05) is 33.4 Å². The van der Waals surface area contributed by atoms with Crippen molar-refractivity contribution in [1.82, 2.24) is 14.9 Å². The SMILES string of the molecule is CNC(=O)NCc1ccccc1S(=O)(=O)N1CCOCC1. The Morgan fingerprint density at radius 1 is 1.29 bits per heavy atom. The van der Waals surface area contributed by atoms with Crippen LogP contribution in [0, 0.1) is 0 Å². The number of nitrogens with zero attached hydrogens (tertiary/aromatic N) is 1. The molecule has 2 rings (SSSR count). The zero-order valence-corrected chi connectivity index (χ0v) is 12.6. The maximum absolute atomic E-state index is 12.7. The van der Waals surface area contributed by atoms with Gasteiger partial charge in [0.1, 0.15) is 0 Å². The van der Waals surface area contributed by atoms with Crippen molar-refractivity contribution in [2.24, 2.45) is 0 Å². The van der Waals surface area contributed by atoms with Crippen molar-refractivity contribution in [3.8, 4) is 0 Å². The Balaban J connectivity index is 2.23. The number of carbonyl (C=O) groups is 1. The summed E-state index contributed by atoms with van der Waals surface area (Å²) in [6, 6.07) is 6.33. The highest BCUT2D eigenvalue weighted by atomic mass is 32.2. The Labute approximate surface area is 124 Å². The van der Waals surface area contributed by atoms with Crippen LogP contribution in [0.3, 0.4) is 0 Å². The molecule has 0 spiro atoms. The van der Waals surface area contributed by atoms with Crippen molar-refractivity contribution in [3.05, 3.63) is 29.8 Å². The fourth-order valence-corrected chi connectivity index (χ4v) is 3.72. The van der Waals surface area contributed by atoms with Crippen LogP contribution in [0.5, 0.6) is 0 Å². The van der Waals surface area contributed by atoms with Crippen molar-refractivity contribution in [2.45, 2.75) is 11.4 Å². The van der Waals surface area contributed by atoms with Crippen molar-refractivity contribution in [3.63, 3.8) is 0 Å². The van der Waals surface area contributed by atoms with Gasteiger partial charge < -0.3 is 15.4 Å². The zero-order chi connectivity index (χ0) is 15.3. The molecule has 0 unspecified atom stereocenters. The Morgan fingerprint density at radius 3 is 2.62 bits per heavy atom. The van der Waals surface area contributed by atoms with Gasteiger partial charge in [0.25, 0.3) is 0 Å². The molecule has 2 amide bonds. The molecular weight excluding hydrogens is 294 g/mol. The van der Waals surface area contributed by atoms with Gasteiger partial charge in [0.05, 0.1) is 18.1 Å². The summed E-state index contributed by atoms with van der Waals surface area (Å²) < 4.78 is 31.9. The zero-order valence-electron chi connectivity index (χ0n) is 11.8. The number of morpholine rings is 1. The van der Waals surface area contributed by atoms with Gasteiger partial charge in [-0.25, -0.2) is 13.2 Å². The average Bonchev–Trinajstić information content (AvgIpc) is 2.53. The molecule has 2 N–H and O–H groups in total. The van der Waals surface area contributed by atoms with Gasteiger partial charge in [0, 0.05) is 26.7 Å². The van der Waals surface area contributed by atoms with Crippen LogP contribution in [-0.4, -0.2) is 52.1 Å². The molecule has 1 aliphatic rings. The minimum absolute atomic E-state index is 0.152. The van der Waals surface area contributed by atoms with Crippen molar-refractivity contribution in [1.29, 1.82) is 0 Å². The molecule has 0 radical (unpaired) electrons. The minimum atomic E-state index is -3.57. The smallest absolute Gasteiger partial charge is 0.314 e. The predicted molar refractivity (Wildman–Crippen MR) is 77.3 cm³/mol. The number of ether oxygens (including phenoxy) is 1. The van der Waals surface area contributed by atoms with Gasteiger partial charge in [-0.05, 0) is 11.6 Å². The number of benzene rings is 1. The van der Waals surface area contributed by atoms with Crippen molar-refractivity contribution < 1.29 is 17.9 Å². The van der Waals surface area contributed by atoms with Gasteiger partial charge in [-0.3, -0.25) is 0 Å². The first-order valence-electron chi connectivity index (χ1n) is 6.67. The lowest BCUT2D eigenvalue weighted by atomic mass is 10.2. The molecule has 0 bridgehead atoms. The second-order valence-corrected chi connectivity index (χ2v) is 6.46. The molecule has 1 fully saturated rings. The fourth-order valence-electron chi connectivity index (χ4n) is 2.09.